The SMILES string of the molecule is [Zn+][Br].[c-]1cccc2c1c1nc3ccccc3n1c1ccccc21. The zero-order valence-corrected chi connectivity index (χ0v) is 16.9. The first-order valence-electron chi connectivity index (χ1n) is 7.28. The molecule has 0 aliphatic heterocycles. The van der Waals surface area contributed by atoms with E-state index in [-0.39, 0.29) is 0 Å². The molecular weight excluding hydrogens is 402 g/mol. The Hall–Kier alpha value is -1.77. The maximum Gasteiger partial charge on any atom is 0.0774 e. The van der Waals surface area contributed by atoms with Gasteiger partial charge < -0.3 is 4.40 Å². The molecular formula is C19H11BrN2Zn. The smallest absolute Gasteiger partial charge is 0.0774 e. The predicted octanol–water partition coefficient (Wildman–Crippen LogP) is 5.44. The average Bonchev–Trinajstić information content (AvgIpc) is 3.04. The molecule has 4 heteroatoms. The molecule has 0 radical (unpaired) electrons. The third-order valence-corrected chi connectivity index (χ3v) is 4.08. The van der Waals surface area contributed by atoms with Crippen LogP contribution in [0.4, 0.5) is 0 Å². The largest absolute Gasteiger partial charge is 0.333 e. The van der Waals surface area contributed by atoms with Gasteiger partial charge in [0.25, 0.3) is 0 Å². The first-order valence-corrected chi connectivity index (χ1v) is 14.2. The van der Waals surface area contributed by atoms with Gasteiger partial charge in [0.1, 0.15) is 0 Å². The molecule has 5 aromatic rings. The van der Waals surface area contributed by atoms with Crippen LogP contribution in [0.5, 0.6) is 0 Å². The fraction of sp³-hybridized carbons (Fsp3) is 0. The standard InChI is InChI=1S/C19H11N2.BrH.Zn/c1-2-9-15-13(7-1)14-8-3-5-11-17(14)21-18-12-6-4-10-16(18)20-19(15)21;;/h1-8,10-12H;1H;/q-1;;+2/p-1. The Morgan fingerprint density at radius 3 is 2.39 bits per heavy atom. The quantitative estimate of drug-likeness (QED) is 0.188. The number of halogens is 1. The summed E-state index contributed by atoms with van der Waals surface area (Å²) >= 11 is 4.25. The van der Waals surface area contributed by atoms with Gasteiger partial charge in [0.15, 0.2) is 0 Å². The van der Waals surface area contributed by atoms with Crippen LogP contribution in [0.2, 0.25) is 0 Å². The molecule has 0 atom stereocenters. The molecule has 3 aromatic carbocycles. The minimum absolute atomic E-state index is 0.977. The number of benzene rings is 3. The van der Waals surface area contributed by atoms with E-state index < -0.39 is 0 Å². The number of para-hydroxylation sites is 3. The average molecular weight is 413 g/mol. The summed E-state index contributed by atoms with van der Waals surface area (Å²) in [6.45, 7) is 0. The van der Waals surface area contributed by atoms with E-state index >= 15 is 0 Å². The molecule has 5 rings (SSSR count). The van der Waals surface area contributed by atoms with Crippen molar-refractivity contribution in [1.82, 2.24) is 9.38 Å². The molecule has 2 heterocycles. The van der Waals surface area contributed by atoms with Crippen LogP contribution in [0.25, 0.3) is 38.4 Å². The van der Waals surface area contributed by atoms with Gasteiger partial charge in [-0.1, -0.05) is 35.7 Å². The van der Waals surface area contributed by atoms with Crippen LogP contribution in [0.15, 0.2) is 66.7 Å². The third-order valence-electron chi connectivity index (χ3n) is 4.08. The van der Waals surface area contributed by atoms with Gasteiger partial charge in [-0.2, -0.15) is 0 Å². The van der Waals surface area contributed by atoms with Crippen molar-refractivity contribution in [3.8, 4) is 0 Å². The van der Waals surface area contributed by atoms with Crippen molar-refractivity contribution in [2.75, 3.05) is 0 Å². The third kappa shape index (κ3) is 2.20. The summed E-state index contributed by atoms with van der Waals surface area (Å²) in [5.41, 5.74) is 4.33. The van der Waals surface area contributed by atoms with E-state index in [1.54, 1.807) is 0 Å². The van der Waals surface area contributed by atoms with Gasteiger partial charge in [-0.05, 0) is 23.6 Å². The van der Waals surface area contributed by atoms with Gasteiger partial charge in [-0.15, -0.1) is 29.7 Å². The molecule has 0 bridgehead atoms. The second-order valence-electron chi connectivity index (χ2n) is 5.24. The molecule has 0 saturated heterocycles. The van der Waals surface area contributed by atoms with Crippen LogP contribution in [0, 0.1) is 6.07 Å². The number of fused-ring (bicyclic) bond motifs is 8. The van der Waals surface area contributed by atoms with Crippen molar-refractivity contribution in [2.45, 2.75) is 0 Å². The number of hydrogen-bond acceptors (Lipinski definition) is 1. The predicted molar refractivity (Wildman–Crippen MR) is 95.5 cm³/mol. The molecule has 2 aromatic heterocycles. The van der Waals surface area contributed by atoms with Crippen molar-refractivity contribution in [2.24, 2.45) is 0 Å². The van der Waals surface area contributed by atoms with E-state index in [0.717, 1.165) is 22.1 Å². The van der Waals surface area contributed by atoms with Gasteiger partial charge in [0, 0.05) is 5.52 Å². The number of hydrogen-bond donors (Lipinski definition) is 0. The summed E-state index contributed by atoms with van der Waals surface area (Å²) in [5, 5.41) is 3.52. The zero-order valence-electron chi connectivity index (χ0n) is 12.3. The monoisotopic (exact) mass is 410 g/mol. The van der Waals surface area contributed by atoms with E-state index in [2.05, 4.69) is 72.6 Å². The molecule has 2 nitrogen and oxygen atoms in total. The Balaban J connectivity index is 0.000000652. The maximum absolute atomic E-state index is 4.83. The van der Waals surface area contributed by atoms with Crippen LogP contribution in [0.1, 0.15) is 0 Å². The van der Waals surface area contributed by atoms with Gasteiger partial charge in [0.2, 0.25) is 0 Å². The van der Waals surface area contributed by atoms with Crippen LogP contribution >= 0.6 is 13.6 Å². The number of aromatic nitrogens is 2. The minimum atomic E-state index is 0.977. The van der Waals surface area contributed by atoms with E-state index in [1.807, 2.05) is 18.2 Å². The molecule has 0 aliphatic carbocycles. The second-order valence-corrected chi connectivity index (χ2v) is 5.24. The topological polar surface area (TPSA) is 17.3 Å². The molecule has 0 aliphatic rings. The molecule has 106 valence electrons. The van der Waals surface area contributed by atoms with E-state index in [0.29, 0.717) is 0 Å². The Morgan fingerprint density at radius 2 is 1.52 bits per heavy atom. The van der Waals surface area contributed by atoms with Gasteiger partial charge >= 0.3 is 30.0 Å². The summed E-state index contributed by atoms with van der Waals surface area (Å²) in [5.74, 6) is 0. The fourth-order valence-corrected chi connectivity index (χ4v) is 3.18. The molecule has 0 spiro atoms. The van der Waals surface area contributed by atoms with Gasteiger partial charge in [-0.25, -0.2) is 0 Å². The second kappa shape index (κ2) is 6.03. The normalized spacial score (nSPS) is 11.1. The summed E-state index contributed by atoms with van der Waals surface area (Å²) in [6, 6.07) is 26.3. The molecule has 0 amide bonds. The van der Waals surface area contributed by atoms with Crippen LogP contribution < -0.4 is 0 Å². The maximum atomic E-state index is 4.83. The summed E-state index contributed by atoms with van der Waals surface area (Å²) in [4.78, 5) is 4.83. The van der Waals surface area contributed by atoms with Crippen molar-refractivity contribution >= 4 is 52.0 Å². The summed E-state index contributed by atoms with van der Waals surface area (Å²) in [6.07, 6.45) is 0. The summed E-state index contributed by atoms with van der Waals surface area (Å²) < 4.78 is 2.24. The fourth-order valence-electron chi connectivity index (χ4n) is 3.18. The number of pyridine rings is 1. The number of nitrogens with zero attached hydrogens (tertiary/aromatic N) is 2. The van der Waals surface area contributed by atoms with Crippen molar-refractivity contribution in [3.05, 3.63) is 72.8 Å². The molecule has 0 saturated carbocycles. The van der Waals surface area contributed by atoms with E-state index in [4.69, 9.17) is 4.98 Å². The van der Waals surface area contributed by atoms with E-state index in [1.165, 1.54) is 32.6 Å². The van der Waals surface area contributed by atoms with Gasteiger partial charge in [-0.3, -0.25) is 4.98 Å². The molecule has 0 unspecified atom stereocenters. The van der Waals surface area contributed by atoms with Crippen molar-refractivity contribution < 1.29 is 16.3 Å². The molecule has 0 fully saturated rings. The van der Waals surface area contributed by atoms with Crippen LogP contribution in [-0.4, -0.2) is 9.38 Å². The van der Waals surface area contributed by atoms with Crippen molar-refractivity contribution in [1.29, 1.82) is 0 Å². The Bertz CT molecular complexity index is 1150. The first-order chi connectivity index (χ1) is 11.4. The van der Waals surface area contributed by atoms with Crippen LogP contribution in [0.3, 0.4) is 0 Å². The first kappa shape index (κ1) is 14.8. The minimum Gasteiger partial charge on any atom is -0.333 e. The van der Waals surface area contributed by atoms with Gasteiger partial charge in [0.05, 0.1) is 16.7 Å². The Kier molecular flexibility index (Phi) is 3.88. The van der Waals surface area contributed by atoms with Crippen molar-refractivity contribution in [3.63, 3.8) is 0 Å². The molecule has 23 heavy (non-hydrogen) atoms. The zero-order chi connectivity index (χ0) is 15.8. The molecule has 0 N–H and O–H groups in total. The van der Waals surface area contributed by atoms with Crippen LogP contribution in [-0.2, 0) is 16.3 Å². The Labute approximate surface area is 150 Å². The van der Waals surface area contributed by atoms with E-state index in [9.17, 15) is 0 Å². The summed E-state index contributed by atoms with van der Waals surface area (Å²) in [7, 11) is 0. The number of imidazole rings is 1. The Morgan fingerprint density at radius 1 is 0.826 bits per heavy atom. The number of rotatable bonds is 0.